The van der Waals surface area contributed by atoms with Crippen molar-refractivity contribution in [3.8, 4) is 29.2 Å². The van der Waals surface area contributed by atoms with Crippen LogP contribution >= 0.6 is 0 Å². The molecule has 2 aromatic heterocycles. The van der Waals surface area contributed by atoms with E-state index >= 15 is 4.39 Å². The zero-order chi connectivity index (χ0) is 31.3. The van der Waals surface area contributed by atoms with Crippen LogP contribution in [-0.2, 0) is 6.18 Å². The Morgan fingerprint density at radius 3 is 2.53 bits per heavy atom. The monoisotopic (exact) mass is 604 g/mol. The average Bonchev–Trinajstić information content (AvgIpc) is 3.76. The number of aryl methyl sites for hydroxylation is 1. The van der Waals surface area contributed by atoms with Crippen molar-refractivity contribution in [3.05, 3.63) is 34.4 Å². The highest BCUT2D eigenvalue weighted by molar-refractivity contribution is 5.97. The summed E-state index contributed by atoms with van der Waals surface area (Å²) in [5, 5.41) is 12.6. The van der Waals surface area contributed by atoms with Crippen molar-refractivity contribution in [3.63, 3.8) is 0 Å². The molecule has 230 valence electrons. The molecule has 43 heavy (non-hydrogen) atoms. The van der Waals surface area contributed by atoms with Gasteiger partial charge in [-0.2, -0.15) is 28.4 Å². The van der Waals surface area contributed by atoms with Gasteiger partial charge in [0, 0.05) is 37.0 Å². The third kappa shape index (κ3) is 5.41. The average molecular weight is 605 g/mol. The first kappa shape index (κ1) is 30.7. The Bertz CT molecular complexity index is 1600. The van der Waals surface area contributed by atoms with Crippen LogP contribution in [0.15, 0.2) is 6.07 Å². The summed E-state index contributed by atoms with van der Waals surface area (Å²) >= 11 is 0. The van der Waals surface area contributed by atoms with E-state index in [0.717, 1.165) is 25.8 Å². The first-order valence-corrected chi connectivity index (χ1v) is 14.4. The van der Waals surface area contributed by atoms with Crippen molar-refractivity contribution in [2.45, 2.75) is 72.2 Å². The van der Waals surface area contributed by atoms with Gasteiger partial charge in [-0.3, -0.25) is 0 Å². The van der Waals surface area contributed by atoms with Crippen LogP contribution in [0.1, 0.15) is 56.7 Å². The summed E-state index contributed by atoms with van der Waals surface area (Å²) in [7, 11) is 0. The molecule has 1 aliphatic carbocycles. The molecule has 4 heterocycles. The minimum atomic E-state index is -4.99. The van der Waals surface area contributed by atoms with Gasteiger partial charge in [-0.15, -0.1) is 0 Å². The molecule has 3 aliphatic rings. The number of hydrogen-bond donors (Lipinski definition) is 1. The van der Waals surface area contributed by atoms with Gasteiger partial charge < -0.3 is 19.7 Å². The second-order valence-corrected chi connectivity index (χ2v) is 11.1. The maximum Gasteiger partial charge on any atom is 0.417 e. The number of nitrogens with zero attached hydrogens (tertiary/aromatic N) is 5. The van der Waals surface area contributed by atoms with Gasteiger partial charge in [-0.25, -0.2) is 13.8 Å². The largest absolute Gasteiger partial charge is 0.472 e. The zero-order valence-electron chi connectivity index (χ0n) is 24.6. The van der Waals surface area contributed by atoms with E-state index in [1.807, 2.05) is 18.7 Å². The Labute approximate surface area is 246 Å². The van der Waals surface area contributed by atoms with Crippen molar-refractivity contribution < 1.29 is 31.4 Å². The number of piperazine rings is 1. The van der Waals surface area contributed by atoms with Crippen molar-refractivity contribution in [2.75, 3.05) is 31.1 Å². The lowest BCUT2D eigenvalue weighted by Crippen LogP contribution is -2.56. The van der Waals surface area contributed by atoms with Crippen molar-refractivity contribution >= 4 is 16.7 Å². The number of nitriles is 1. The van der Waals surface area contributed by atoms with Gasteiger partial charge in [0.05, 0.1) is 24.3 Å². The molecule has 0 amide bonds. The third-order valence-electron chi connectivity index (χ3n) is 8.24. The summed E-state index contributed by atoms with van der Waals surface area (Å²) in [6.07, 6.45) is -3.62. The standard InChI is InChI=1S/C28H27F5N6O2.C2H6/c1-13-10-16(19(28(31,32)33)14(2)20(13)29)22-21(30)23-18-24(38-26(37-23)40-12-27(4-5-27)6-7-34)39-9-8-35-11-17(39)15(3)41-25(18)36-22;1-2/h10,15,17,35H,4-6,8-9,11-12H2,1-3H3;1-2H3/t15-,17-;/m0./s1. The van der Waals surface area contributed by atoms with Crippen LogP contribution in [0.3, 0.4) is 0 Å². The van der Waals surface area contributed by atoms with E-state index in [0.29, 0.717) is 25.5 Å². The predicted molar refractivity (Wildman–Crippen MR) is 150 cm³/mol. The van der Waals surface area contributed by atoms with E-state index in [2.05, 4.69) is 26.3 Å². The normalized spacial score (nSPS) is 20.3. The molecule has 0 spiro atoms. The number of anilines is 1. The number of hydrogen-bond acceptors (Lipinski definition) is 8. The molecular weight excluding hydrogens is 571 g/mol. The van der Waals surface area contributed by atoms with Crippen LogP contribution in [0.5, 0.6) is 11.9 Å². The Kier molecular flexibility index (Phi) is 8.11. The van der Waals surface area contributed by atoms with Crippen LogP contribution in [0.25, 0.3) is 22.2 Å². The second kappa shape index (κ2) is 11.4. The number of alkyl halides is 3. The van der Waals surface area contributed by atoms with Crippen LogP contribution in [0, 0.1) is 42.2 Å². The number of pyridine rings is 1. The van der Waals surface area contributed by atoms with E-state index in [4.69, 9.17) is 9.47 Å². The van der Waals surface area contributed by atoms with Crippen LogP contribution in [-0.4, -0.2) is 53.3 Å². The van der Waals surface area contributed by atoms with Crippen molar-refractivity contribution in [1.82, 2.24) is 20.3 Å². The Morgan fingerprint density at radius 2 is 1.88 bits per heavy atom. The molecule has 0 radical (unpaired) electrons. The number of halogens is 5. The smallest absolute Gasteiger partial charge is 0.417 e. The highest BCUT2D eigenvalue weighted by atomic mass is 19.4. The fraction of sp³-hybridized carbons (Fsp3) is 0.533. The SMILES string of the molecule is CC.Cc1cc(-c2nc3c4c(nc(OCC5(CC#N)CC5)nc4c2F)N2CCNC[C@H]2[C@H](C)O3)c(C(F)(F)F)c(C)c1F. The maximum atomic E-state index is 16.4. The van der Waals surface area contributed by atoms with Gasteiger partial charge in [0.15, 0.2) is 5.82 Å². The van der Waals surface area contributed by atoms with Gasteiger partial charge >= 0.3 is 12.2 Å². The van der Waals surface area contributed by atoms with E-state index in [1.165, 1.54) is 6.92 Å². The van der Waals surface area contributed by atoms with Gasteiger partial charge in [0.1, 0.15) is 34.3 Å². The van der Waals surface area contributed by atoms with Crippen LogP contribution in [0.2, 0.25) is 0 Å². The highest BCUT2D eigenvalue weighted by Gasteiger charge is 2.44. The molecule has 0 bridgehead atoms. The molecule has 6 rings (SSSR count). The highest BCUT2D eigenvalue weighted by Crippen LogP contribution is 2.49. The minimum absolute atomic E-state index is 0.0882. The van der Waals surface area contributed by atoms with Gasteiger partial charge in [0.2, 0.25) is 5.88 Å². The molecule has 1 aromatic carbocycles. The Morgan fingerprint density at radius 1 is 1.16 bits per heavy atom. The summed E-state index contributed by atoms with van der Waals surface area (Å²) < 4.78 is 85.9. The molecule has 2 fully saturated rings. The molecule has 0 unspecified atom stereocenters. The molecule has 13 heteroatoms. The van der Waals surface area contributed by atoms with E-state index in [1.54, 1.807) is 6.92 Å². The zero-order valence-corrected chi connectivity index (χ0v) is 24.6. The molecular formula is C30H33F5N6O2. The summed E-state index contributed by atoms with van der Waals surface area (Å²) in [6.45, 7) is 9.89. The van der Waals surface area contributed by atoms with E-state index < -0.39 is 46.3 Å². The first-order chi connectivity index (χ1) is 20.4. The fourth-order valence-corrected chi connectivity index (χ4v) is 5.75. The molecule has 2 atom stereocenters. The molecule has 2 aliphatic heterocycles. The first-order valence-electron chi connectivity index (χ1n) is 14.4. The topological polar surface area (TPSA) is 96.2 Å². The molecule has 8 nitrogen and oxygen atoms in total. The molecule has 1 saturated heterocycles. The number of benzene rings is 1. The van der Waals surface area contributed by atoms with E-state index in [-0.39, 0.29) is 52.8 Å². The fourth-order valence-electron chi connectivity index (χ4n) is 5.75. The summed E-state index contributed by atoms with van der Waals surface area (Å²) in [6, 6.07) is 2.69. The van der Waals surface area contributed by atoms with Crippen molar-refractivity contribution in [1.29, 1.82) is 5.26 Å². The van der Waals surface area contributed by atoms with Crippen LogP contribution < -0.4 is 19.7 Å². The maximum absolute atomic E-state index is 16.4. The number of aromatic nitrogens is 3. The quantitative estimate of drug-likeness (QED) is 0.341. The molecule has 1 saturated carbocycles. The number of fused-ring (bicyclic) bond motifs is 2. The van der Waals surface area contributed by atoms with Gasteiger partial charge in [-0.1, -0.05) is 13.8 Å². The van der Waals surface area contributed by atoms with Crippen LogP contribution in [0.4, 0.5) is 27.8 Å². The summed E-state index contributed by atoms with van der Waals surface area (Å²) in [4.78, 5) is 15.1. The third-order valence-corrected chi connectivity index (χ3v) is 8.24. The lowest BCUT2D eigenvalue weighted by molar-refractivity contribution is -0.137. The van der Waals surface area contributed by atoms with Gasteiger partial charge in [-0.05, 0) is 50.8 Å². The second-order valence-electron chi connectivity index (χ2n) is 11.1. The number of nitrogens with one attached hydrogen (secondary N) is 1. The Hall–Kier alpha value is -3.79. The van der Waals surface area contributed by atoms with Crippen molar-refractivity contribution in [2.24, 2.45) is 5.41 Å². The minimum Gasteiger partial charge on any atom is -0.472 e. The summed E-state index contributed by atoms with van der Waals surface area (Å²) in [5.41, 5.74) is -3.97. The molecule has 3 aromatic rings. The predicted octanol–water partition coefficient (Wildman–Crippen LogP) is 6.26. The van der Waals surface area contributed by atoms with Gasteiger partial charge in [0.25, 0.3) is 0 Å². The van der Waals surface area contributed by atoms with E-state index in [9.17, 15) is 22.8 Å². The molecule has 1 N–H and O–H groups in total. The number of rotatable bonds is 5. The lowest BCUT2D eigenvalue weighted by Gasteiger charge is -2.38. The Balaban J connectivity index is 0.00000180. The lowest BCUT2D eigenvalue weighted by atomic mass is 9.94. The number of ether oxygens (including phenoxy) is 2. The summed E-state index contributed by atoms with van der Waals surface area (Å²) in [5.74, 6) is -1.96.